The molecular formula is C22H26BrClN2O3. The lowest BCUT2D eigenvalue weighted by Gasteiger charge is -2.29. The Kier molecular flexibility index (Phi) is 8.99. The van der Waals surface area contributed by atoms with Gasteiger partial charge < -0.3 is 15.0 Å². The summed E-state index contributed by atoms with van der Waals surface area (Å²) >= 11 is 9.64. The van der Waals surface area contributed by atoms with Gasteiger partial charge in [-0.15, -0.1) is 0 Å². The Morgan fingerprint density at radius 3 is 2.38 bits per heavy atom. The summed E-state index contributed by atoms with van der Waals surface area (Å²) in [5.41, 5.74) is 0.773. The Morgan fingerprint density at radius 1 is 1.10 bits per heavy atom. The number of benzene rings is 2. The van der Waals surface area contributed by atoms with Crippen LogP contribution >= 0.6 is 27.5 Å². The van der Waals surface area contributed by atoms with Gasteiger partial charge in [0, 0.05) is 22.6 Å². The van der Waals surface area contributed by atoms with Crippen LogP contribution in [0.25, 0.3) is 0 Å². The number of ether oxygens (including phenoxy) is 1. The van der Waals surface area contributed by atoms with Gasteiger partial charge in [-0.2, -0.15) is 0 Å². The van der Waals surface area contributed by atoms with Crippen molar-refractivity contribution in [3.63, 3.8) is 0 Å². The van der Waals surface area contributed by atoms with E-state index >= 15 is 0 Å². The lowest BCUT2D eigenvalue weighted by molar-refractivity contribution is -0.142. The minimum absolute atomic E-state index is 0.173. The van der Waals surface area contributed by atoms with E-state index < -0.39 is 6.04 Å². The first kappa shape index (κ1) is 23.2. The van der Waals surface area contributed by atoms with Gasteiger partial charge in [0.15, 0.2) is 6.61 Å². The van der Waals surface area contributed by atoms with E-state index in [-0.39, 0.29) is 25.0 Å². The molecular weight excluding hydrogens is 456 g/mol. The molecule has 0 aliphatic rings. The summed E-state index contributed by atoms with van der Waals surface area (Å²) in [6, 6.07) is 13.8. The standard InChI is InChI=1S/C22H26BrClN2O3/c1-15(2)12-25-22(28)16(3)26(13-17-6-4-5-7-20(17)24)21(27)14-29-19-10-8-18(23)9-11-19/h4-11,15-16H,12-14H2,1-3H3,(H,25,28)/t16-/m0/s1. The molecule has 0 aliphatic carbocycles. The maximum Gasteiger partial charge on any atom is 0.261 e. The zero-order valence-electron chi connectivity index (χ0n) is 16.8. The van der Waals surface area contributed by atoms with Gasteiger partial charge in [0.05, 0.1) is 0 Å². The van der Waals surface area contributed by atoms with E-state index in [9.17, 15) is 9.59 Å². The predicted octanol–water partition coefficient (Wildman–Crippen LogP) is 4.67. The van der Waals surface area contributed by atoms with Gasteiger partial charge >= 0.3 is 0 Å². The number of hydrogen-bond acceptors (Lipinski definition) is 3. The molecule has 0 aromatic heterocycles. The molecule has 0 aliphatic heterocycles. The molecule has 0 unspecified atom stereocenters. The normalized spacial score (nSPS) is 11.8. The molecule has 2 rings (SSSR count). The topological polar surface area (TPSA) is 58.6 Å². The van der Waals surface area contributed by atoms with Crippen molar-refractivity contribution in [1.82, 2.24) is 10.2 Å². The second kappa shape index (κ2) is 11.2. The molecule has 0 radical (unpaired) electrons. The molecule has 0 saturated carbocycles. The van der Waals surface area contributed by atoms with Crippen LogP contribution < -0.4 is 10.1 Å². The van der Waals surface area contributed by atoms with Crippen LogP contribution in [0.15, 0.2) is 53.0 Å². The van der Waals surface area contributed by atoms with E-state index in [0.717, 1.165) is 10.0 Å². The summed E-state index contributed by atoms with van der Waals surface area (Å²) in [6.07, 6.45) is 0. The van der Waals surface area contributed by atoms with E-state index in [0.29, 0.717) is 23.2 Å². The first-order valence-corrected chi connectivity index (χ1v) is 10.6. The van der Waals surface area contributed by atoms with Crippen LogP contribution in [0.3, 0.4) is 0 Å². The fourth-order valence-corrected chi connectivity index (χ4v) is 3.06. The Bertz CT molecular complexity index is 827. The van der Waals surface area contributed by atoms with Crippen LogP contribution in [0, 0.1) is 5.92 Å². The average Bonchev–Trinajstić information content (AvgIpc) is 2.70. The Balaban J connectivity index is 2.13. The van der Waals surface area contributed by atoms with E-state index in [4.69, 9.17) is 16.3 Å². The zero-order chi connectivity index (χ0) is 21.4. The molecule has 156 valence electrons. The number of halogens is 2. The number of hydrogen-bond donors (Lipinski definition) is 1. The monoisotopic (exact) mass is 480 g/mol. The van der Waals surface area contributed by atoms with Gasteiger partial charge in [0.1, 0.15) is 11.8 Å². The van der Waals surface area contributed by atoms with Crippen LogP contribution in [-0.2, 0) is 16.1 Å². The van der Waals surface area contributed by atoms with Crippen molar-refractivity contribution in [2.45, 2.75) is 33.4 Å². The summed E-state index contributed by atoms with van der Waals surface area (Å²) in [6.45, 7) is 6.34. The van der Waals surface area contributed by atoms with Gasteiger partial charge in [-0.25, -0.2) is 0 Å². The highest BCUT2D eigenvalue weighted by Crippen LogP contribution is 2.20. The number of nitrogens with zero attached hydrogens (tertiary/aromatic N) is 1. The van der Waals surface area contributed by atoms with Crippen LogP contribution in [0.5, 0.6) is 5.75 Å². The quantitative estimate of drug-likeness (QED) is 0.566. The van der Waals surface area contributed by atoms with E-state index in [1.165, 1.54) is 4.90 Å². The molecule has 2 aromatic rings. The third-order valence-corrected chi connectivity index (χ3v) is 5.22. The molecule has 7 heteroatoms. The summed E-state index contributed by atoms with van der Waals surface area (Å²) in [5, 5.41) is 3.44. The Hall–Kier alpha value is -2.05. The first-order chi connectivity index (χ1) is 13.8. The van der Waals surface area contributed by atoms with Crippen LogP contribution in [0.2, 0.25) is 5.02 Å². The van der Waals surface area contributed by atoms with E-state index in [2.05, 4.69) is 21.2 Å². The minimum Gasteiger partial charge on any atom is -0.484 e. The van der Waals surface area contributed by atoms with Crippen molar-refractivity contribution in [2.75, 3.05) is 13.2 Å². The summed E-state index contributed by atoms with van der Waals surface area (Å²) in [5.74, 6) is 0.401. The molecule has 0 bridgehead atoms. The van der Waals surface area contributed by atoms with Gasteiger partial charge in [0.25, 0.3) is 5.91 Å². The Morgan fingerprint density at radius 2 is 1.76 bits per heavy atom. The fourth-order valence-electron chi connectivity index (χ4n) is 2.60. The molecule has 0 saturated heterocycles. The molecule has 2 aromatic carbocycles. The predicted molar refractivity (Wildman–Crippen MR) is 119 cm³/mol. The first-order valence-electron chi connectivity index (χ1n) is 9.47. The fraction of sp³-hybridized carbons (Fsp3) is 0.364. The van der Waals surface area contributed by atoms with Crippen molar-refractivity contribution in [3.8, 4) is 5.75 Å². The maximum absolute atomic E-state index is 13.0. The van der Waals surface area contributed by atoms with Crippen molar-refractivity contribution < 1.29 is 14.3 Å². The smallest absolute Gasteiger partial charge is 0.261 e. The van der Waals surface area contributed by atoms with Gasteiger partial charge in [-0.05, 0) is 48.7 Å². The molecule has 1 atom stereocenters. The van der Waals surface area contributed by atoms with Crippen molar-refractivity contribution in [1.29, 1.82) is 0 Å². The lowest BCUT2D eigenvalue weighted by Crippen LogP contribution is -2.49. The number of amides is 2. The largest absolute Gasteiger partial charge is 0.484 e. The second-order valence-electron chi connectivity index (χ2n) is 7.17. The van der Waals surface area contributed by atoms with Crippen LogP contribution in [0.1, 0.15) is 26.3 Å². The third-order valence-electron chi connectivity index (χ3n) is 4.33. The summed E-state index contributed by atoms with van der Waals surface area (Å²) < 4.78 is 6.55. The van der Waals surface area contributed by atoms with Crippen LogP contribution in [-0.4, -0.2) is 35.9 Å². The highest BCUT2D eigenvalue weighted by molar-refractivity contribution is 9.10. The molecule has 2 amide bonds. The molecule has 0 fully saturated rings. The number of carbonyl (C=O) groups excluding carboxylic acids is 2. The molecule has 29 heavy (non-hydrogen) atoms. The second-order valence-corrected chi connectivity index (χ2v) is 8.49. The number of carbonyl (C=O) groups is 2. The van der Waals surface area contributed by atoms with Crippen LogP contribution in [0.4, 0.5) is 0 Å². The van der Waals surface area contributed by atoms with Gasteiger partial charge in [0.2, 0.25) is 5.91 Å². The van der Waals surface area contributed by atoms with Crippen molar-refractivity contribution >= 4 is 39.3 Å². The number of nitrogens with one attached hydrogen (secondary N) is 1. The maximum atomic E-state index is 13.0. The van der Waals surface area contributed by atoms with Gasteiger partial charge in [-0.1, -0.05) is 59.6 Å². The summed E-state index contributed by atoms with van der Waals surface area (Å²) in [4.78, 5) is 27.0. The molecule has 1 N–H and O–H groups in total. The zero-order valence-corrected chi connectivity index (χ0v) is 19.2. The molecule has 5 nitrogen and oxygen atoms in total. The summed E-state index contributed by atoms with van der Waals surface area (Å²) in [7, 11) is 0. The van der Waals surface area contributed by atoms with E-state index in [1.54, 1.807) is 25.1 Å². The average molecular weight is 482 g/mol. The Labute approximate surface area is 185 Å². The minimum atomic E-state index is -0.661. The highest BCUT2D eigenvalue weighted by atomic mass is 79.9. The lowest BCUT2D eigenvalue weighted by atomic mass is 10.1. The van der Waals surface area contributed by atoms with Crippen molar-refractivity contribution in [2.24, 2.45) is 5.92 Å². The molecule has 0 heterocycles. The van der Waals surface area contributed by atoms with Crippen molar-refractivity contribution in [3.05, 3.63) is 63.6 Å². The number of rotatable bonds is 9. The molecule has 0 spiro atoms. The SMILES string of the molecule is CC(C)CNC(=O)[C@H](C)N(Cc1ccccc1Cl)C(=O)COc1ccc(Br)cc1. The van der Waals surface area contributed by atoms with Gasteiger partial charge in [-0.3, -0.25) is 9.59 Å². The third kappa shape index (κ3) is 7.37. The van der Waals surface area contributed by atoms with E-state index in [1.807, 2.05) is 44.2 Å². The highest BCUT2D eigenvalue weighted by Gasteiger charge is 2.27.